The summed E-state index contributed by atoms with van der Waals surface area (Å²) in [6.07, 6.45) is 0. The molecule has 0 saturated heterocycles. The van der Waals surface area contributed by atoms with Crippen molar-refractivity contribution in [3.05, 3.63) is 40.5 Å². The number of hydrogen-bond donors (Lipinski definition) is 2. The van der Waals surface area contributed by atoms with Crippen molar-refractivity contribution in [1.82, 2.24) is 15.6 Å². The number of amides is 1. The zero-order chi connectivity index (χ0) is 14.5. The lowest BCUT2D eigenvalue weighted by Crippen LogP contribution is -2.31. The van der Waals surface area contributed by atoms with Gasteiger partial charge in [-0.3, -0.25) is 4.79 Å². The highest BCUT2D eigenvalue weighted by molar-refractivity contribution is 6.30. The summed E-state index contributed by atoms with van der Waals surface area (Å²) in [7, 11) is 0. The molecule has 0 saturated carbocycles. The van der Waals surface area contributed by atoms with Gasteiger partial charge in [0.2, 0.25) is 0 Å². The van der Waals surface area contributed by atoms with Gasteiger partial charge >= 0.3 is 0 Å². The van der Waals surface area contributed by atoms with Gasteiger partial charge < -0.3 is 10.6 Å². The molecule has 5 heteroatoms. The molecule has 0 unspecified atom stereocenters. The average molecular weight is 292 g/mol. The van der Waals surface area contributed by atoms with Crippen LogP contribution in [0.4, 0.5) is 0 Å². The maximum absolute atomic E-state index is 12.3. The molecule has 20 heavy (non-hydrogen) atoms. The van der Waals surface area contributed by atoms with Crippen molar-refractivity contribution in [3.63, 3.8) is 0 Å². The molecule has 2 rings (SSSR count). The Bertz CT molecular complexity index is 628. The van der Waals surface area contributed by atoms with Crippen LogP contribution in [-0.4, -0.2) is 30.5 Å². The Kier molecular flexibility index (Phi) is 4.93. The van der Waals surface area contributed by atoms with Gasteiger partial charge in [-0.15, -0.1) is 0 Å². The van der Waals surface area contributed by atoms with Gasteiger partial charge in [0, 0.05) is 18.5 Å². The molecule has 1 heterocycles. The summed E-state index contributed by atoms with van der Waals surface area (Å²) in [6.45, 7) is 6.23. The molecule has 4 nitrogen and oxygen atoms in total. The van der Waals surface area contributed by atoms with Gasteiger partial charge in [-0.1, -0.05) is 30.2 Å². The van der Waals surface area contributed by atoms with E-state index in [1.807, 2.05) is 32.0 Å². The molecule has 0 aliphatic carbocycles. The third-order valence-corrected chi connectivity index (χ3v) is 3.21. The van der Waals surface area contributed by atoms with E-state index in [0.717, 1.165) is 29.6 Å². The third-order valence-electron chi connectivity index (χ3n) is 3.01. The molecule has 0 radical (unpaired) electrons. The number of benzene rings is 1. The number of fused-ring (bicyclic) bond motifs is 1. The van der Waals surface area contributed by atoms with Crippen molar-refractivity contribution >= 4 is 28.4 Å². The van der Waals surface area contributed by atoms with Gasteiger partial charge in [-0.25, -0.2) is 4.98 Å². The van der Waals surface area contributed by atoms with Crippen LogP contribution in [0.1, 0.15) is 22.8 Å². The van der Waals surface area contributed by atoms with Crippen LogP contribution in [-0.2, 0) is 0 Å². The van der Waals surface area contributed by atoms with E-state index in [2.05, 4.69) is 15.6 Å². The van der Waals surface area contributed by atoms with Gasteiger partial charge in [-0.2, -0.15) is 0 Å². The number of hydrogen-bond acceptors (Lipinski definition) is 3. The molecule has 1 aromatic heterocycles. The van der Waals surface area contributed by atoms with Crippen LogP contribution in [0.15, 0.2) is 24.3 Å². The average Bonchev–Trinajstić information content (AvgIpc) is 2.43. The largest absolute Gasteiger partial charge is 0.351 e. The Hall–Kier alpha value is -1.65. The summed E-state index contributed by atoms with van der Waals surface area (Å²) < 4.78 is 0. The lowest BCUT2D eigenvalue weighted by atomic mass is 10.1. The van der Waals surface area contributed by atoms with Crippen molar-refractivity contribution in [2.75, 3.05) is 19.6 Å². The molecule has 0 aliphatic heterocycles. The second kappa shape index (κ2) is 6.68. The van der Waals surface area contributed by atoms with Crippen molar-refractivity contribution in [2.24, 2.45) is 0 Å². The highest BCUT2D eigenvalue weighted by Gasteiger charge is 2.12. The number of carbonyl (C=O) groups excluding carboxylic acids is 1. The number of rotatable bonds is 5. The first-order chi connectivity index (χ1) is 9.61. The number of carbonyl (C=O) groups is 1. The summed E-state index contributed by atoms with van der Waals surface area (Å²) in [4.78, 5) is 16.5. The highest BCUT2D eigenvalue weighted by atomic mass is 35.5. The Morgan fingerprint density at radius 2 is 2.10 bits per heavy atom. The fourth-order valence-corrected chi connectivity index (χ4v) is 2.23. The highest BCUT2D eigenvalue weighted by Crippen LogP contribution is 2.22. The quantitative estimate of drug-likeness (QED) is 0.657. The summed E-state index contributed by atoms with van der Waals surface area (Å²) in [5.74, 6) is -0.122. The topological polar surface area (TPSA) is 54.0 Å². The van der Waals surface area contributed by atoms with Crippen molar-refractivity contribution in [3.8, 4) is 0 Å². The molecule has 1 amide bonds. The minimum atomic E-state index is -0.122. The number of nitrogens with zero attached hydrogens (tertiary/aromatic N) is 1. The molecular formula is C15H18ClN3O. The monoisotopic (exact) mass is 291 g/mol. The SMILES string of the molecule is CCNCCNC(=O)c1cc(Cl)nc2ccc(C)cc12. The summed E-state index contributed by atoms with van der Waals surface area (Å²) in [6, 6.07) is 7.41. The second-order valence-corrected chi connectivity index (χ2v) is 5.01. The number of nitrogens with one attached hydrogen (secondary N) is 2. The van der Waals surface area contributed by atoms with Crippen LogP contribution in [0, 0.1) is 6.92 Å². The van der Waals surface area contributed by atoms with Crippen LogP contribution in [0.2, 0.25) is 5.15 Å². The molecule has 2 N–H and O–H groups in total. The molecular weight excluding hydrogens is 274 g/mol. The predicted molar refractivity (Wildman–Crippen MR) is 82.4 cm³/mol. The molecule has 0 fully saturated rings. The van der Waals surface area contributed by atoms with Gasteiger partial charge in [-0.05, 0) is 31.7 Å². The smallest absolute Gasteiger partial charge is 0.252 e. The molecule has 1 aromatic carbocycles. The molecule has 0 bridgehead atoms. The summed E-state index contributed by atoms with van der Waals surface area (Å²) in [5.41, 5.74) is 2.39. The van der Waals surface area contributed by atoms with E-state index >= 15 is 0 Å². The molecule has 0 spiro atoms. The zero-order valence-corrected chi connectivity index (χ0v) is 12.4. The van der Waals surface area contributed by atoms with Crippen molar-refractivity contribution in [2.45, 2.75) is 13.8 Å². The van der Waals surface area contributed by atoms with E-state index in [-0.39, 0.29) is 5.91 Å². The van der Waals surface area contributed by atoms with Gasteiger partial charge in [0.1, 0.15) is 5.15 Å². The number of halogens is 1. The van der Waals surface area contributed by atoms with Crippen molar-refractivity contribution in [1.29, 1.82) is 0 Å². The van der Waals surface area contributed by atoms with E-state index < -0.39 is 0 Å². The van der Waals surface area contributed by atoms with Crippen LogP contribution < -0.4 is 10.6 Å². The van der Waals surface area contributed by atoms with E-state index in [4.69, 9.17) is 11.6 Å². The summed E-state index contributed by atoms with van der Waals surface area (Å²) in [5, 5.41) is 7.21. The van der Waals surface area contributed by atoms with Crippen LogP contribution in [0.3, 0.4) is 0 Å². The Labute approximate surface area is 123 Å². The maximum Gasteiger partial charge on any atom is 0.252 e. The van der Waals surface area contributed by atoms with Crippen LogP contribution in [0.5, 0.6) is 0 Å². The van der Waals surface area contributed by atoms with Crippen LogP contribution >= 0.6 is 11.6 Å². The Balaban J connectivity index is 2.27. The number of pyridine rings is 1. The Morgan fingerprint density at radius 3 is 2.85 bits per heavy atom. The number of aromatic nitrogens is 1. The maximum atomic E-state index is 12.3. The van der Waals surface area contributed by atoms with Crippen molar-refractivity contribution < 1.29 is 4.79 Å². The lowest BCUT2D eigenvalue weighted by Gasteiger charge is -2.09. The molecule has 0 atom stereocenters. The number of aryl methyl sites for hydroxylation is 1. The minimum Gasteiger partial charge on any atom is -0.351 e. The first-order valence-electron chi connectivity index (χ1n) is 6.67. The first-order valence-corrected chi connectivity index (χ1v) is 7.05. The van der Waals surface area contributed by atoms with Gasteiger partial charge in [0.15, 0.2) is 0 Å². The van der Waals surface area contributed by atoms with E-state index in [1.54, 1.807) is 6.07 Å². The summed E-state index contributed by atoms with van der Waals surface area (Å²) >= 11 is 5.99. The zero-order valence-electron chi connectivity index (χ0n) is 11.7. The minimum absolute atomic E-state index is 0.122. The second-order valence-electron chi connectivity index (χ2n) is 4.62. The predicted octanol–water partition coefficient (Wildman–Crippen LogP) is 2.54. The Morgan fingerprint density at radius 1 is 1.30 bits per heavy atom. The number of likely N-dealkylation sites (N-methyl/N-ethyl adjacent to an activating group) is 1. The standard InChI is InChI=1S/C15H18ClN3O/c1-3-17-6-7-18-15(20)12-9-14(16)19-13-5-4-10(2)8-11(12)13/h4-5,8-9,17H,3,6-7H2,1-2H3,(H,18,20). The molecule has 106 valence electrons. The van der Waals surface area contributed by atoms with Gasteiger partial charge in [0.05, 0.1) is 11.1 Å². The molecule has 2 aromatic rings. The fraction of sp³-hybridized carbons (Fsp3) is 0.333. The molecule has 0 aliphatic rings. The van der Waals surface area contributed by atoms with Crippen LogP contribution in [0.25, 0.3) is 10.9 Å². The first kappa shape index (κ1) is 14.8. The van der Waals surface area contributed by atoms with E-state index in [1.165, 1.54) is 0 Å². The van der Waals surface area contributed by atoms with E-state index in [9.17, 15) is 4.79 Å². The lowest BCUT2D eigenvalue weighted by molar-refractivity contribution is 0.0955. The fourth-order valence-electron chi connectivity index (χ4n) is 2.03. The van der Waals surface area contributed by atoms with E-state index in [0.29, 0.717) is 17.3 Å². The van der Waals surface area contributed by atoms with Gasteiger partial charge in [0.25, 0.3) is 5.91 Å². The normalized spacial score (nSPS) is 10.8. The third kappa shape index (κ3) is 3.46.